The molecule has 0 aromatic heterocycles. The van der Waals surface area contributed by atoms with Gasteiger partial charge in [0, 0.05) is 26.7 Å². The summed E-state index contributed by atoms with van der Waals surface area (Å²) in [6.45, 7) is 10.0. The molecule has 22 heavy (non-hydrogen) atoms. The maximum absolute atomic E-state index is 5.66. The van der Waals surface area contributed by atoms with E-state index in [2.05, 4.69) is 34.4 Å². The Morgan fingerprint density at radius 3 is 2.41 bits per heavy atom. The summed E-state index contributed by atoms with van der Waals surface area (Å²) in [4.78, 5) is 6.61. The van der Waals surface area contributed by atoms with Gasteiger partial charge < -0.3 is 20.3 Å². The lowest BCUT2D eigenvalue weighted by atomic mass is 10.3. The van der Waals surface area contributed by atoms with Gasteiger partial charge >= 0.3 is 0 Å². The minimum absolute atomic E-state index is 0.702. The molecule has 0 heterocycles. The highest BCUT2D eigenvalue weighted by Crippen LogP contribution is 2.07. The fraction of sp³-hybridized carbons (Fsp3) is 0.588. The molecule has 1 rings (SSSR count). The van der Waals surface area contributed by atoms with E-state index in [1.54, 1.807) is 7.05 Å². The van der Waals surface area contributed by atoms with Gasteiger partial charge in [0.15, 0.2) is 5.96 Å². The molecule has 0 radical (unpaired) electrons. The summed E-state index contributed by atoms with van der Waals surface area (Å²) in [5, 5.41) is 6.64. The number of para-hydroxylation sites is 1. The van der Waals surface area contributed by atoms with E-state index in [0.29, 0.717) is 6.61 Å². The summed E-state index contributed by atoms with van der Waals surface area (Å²) in [6.07, 6.45) is 0.936. The SMILES string of the molecule is CCN(CC)CCNC(=NC)NCCCOc1ccccc1. The normalized spacial score (nSPS) is 11.5. The van der Waals surface area contributed by atoms with E-state index < -0.39 is 0 Å². The third-order valence-corrected chi connectivity index (χ3v) is 3.46. The average molecular weight is 306 g/mol. The number of hydrogen-bond acceptors (Lipinski definition) is 3. The van der Waals surface area contributed by atoms with Gasteiger partial charge in [-0.1, -0.05) is 32.0 Å². The molecule has 1 aromatic carbocycles. The lowest BCUT2D eigenvalue weighted by molar-refractivity contribution is 0.306. The molecule has 0 saturated heterocycles. The van der Waals surface area contributed by atoms with Crippen molar-refractivity contribution < 1.29 is 4.74 Å². The van der Waals surface area contributed by atoms with Crippen LogP contribution in [0.3, 0.4) is 0 Å². The summed E-state index contributed by atoms with van der Waals surface area (Å²) in [7, 11) is 1.80. The third kappa shape index (κ3) is 7.88. The fourth-order valence-electron chi connectivity index (χ4n) is 2.08. The first-order valence-electron chi connectivity index (χ1n) is 8.14. The van der Waals surface area contributed by atoms with Gasteiger partial charge in [-0.3, -0.25) is 4.99 Å². The van der Waals surface area contributed by atoms with E-state index in [4.69, 9.17) is 4.74 Å². The number of nitrogens with one attached hydrogen (secondary N) is 2. The van der Waals surface area contributed by atoms with Crippen molar-refractivity contribution in [2.45, 2.75) is 20.3 Å². The first-order valence-corrected chi connectivity index (χ1v) is 8.14. The van der Waals surface area contributed by atoms with Gasteiger partial charge in [-0.15, -0.1) is 0 Å². The Morgan fingerprint density at radius 1 is 1.09 bits per heavy atom. The smallest absolute Gasteiger partial charge is 0.191 e. The summed E-state index contributed by atoms with van der Waals surface area (Å²) >= 11 is 0. The highest BCUT2D eigenvalue weighted by atomic mass is 16.5. The molecular formula is C17H30N4O. The minimum Gasteiger partial charge on any atom is -0.494 e. The summed E-state index contributed by atoms with van der Waals surface area (Å²) < 4.78 is 5.66. The molecule has 0 saturated carbocycles. The number of rotatable bonds is 10. The molecule has 0 amide bonds. The van der Waals surface area contributed by atoms with E-state index in [1.165, 1.54) is 0 Å². The van der Waals surface area contributed by atoms with E-state index in [1.807, 2.05) is 30.3 Å². The van der Waals surface area contributed by atoms with Gasteiger partial charge in [-0.25, -0.2) is 0 Å². The highest BCUT2D eigenvalue weighted by molar-refractivity contribution is 5.79. The molecule has 0 fully saturated rings. The lowest BCUT2D eigenvalue weighted by Gasteiger charge is -2.19. The van der Waals surface area contributed by atoms with Crippen molar-refractivity contribution in [3.8, 4) is 5.75 Å². The van der Waals surface area contributed by atoms with Crippen LogP contribution in [0.15, 0.2) is 35.3 Å². The number of likely N-dealkylation sites (N-methyl/N-ethyl adjacent to an activating group) is 1. The number of guanidine groups is 1. The van der Waals surface area contributed by atoms with Crippen LogP contribution in [0.2, 0.25) is 0 Å². The van der Waals surface area contributed by atoms with E-state index in [0.717, 1.165) is 50.9 Å². The van der Waals surface area contributed by atoms with Gasteiger partial charge in [0.2, 0.25) is 0 Å². The van der Waals surface area contributed by atoms with Crippen LogP contribution in [0.4, 0.5) is 0 Å². The molecule has 0 spiro atoms. The van der Waals surface area contributed by atoms with Crippen molar-refractivity contribution in [1.29, 1.82) is 0 Å². The predicted octanol–water partition coefficient (Wildman–Crippen LogP) is 1.96. The van der Waals surface area contributed by atoms with Crippen molar-refractivity contribution in [1.82, 2.24) is 15.5 Å². The van der Waals surface area contributed by atoms with Crippen molar-refractivity contribution in [2.24, 2.45) is 4.99 Å². The van der Waals surface area contributed by atoms with Gasteiger partial charge in [0.05, 0.1) is 6.61 Å². The second-order valence-corrected chi connectivity index (χ2v) is 4.97. The molecule has 5 nitrogen and oxygen atoms in total. The van der Waals surface area contributed by atoms with Crippen LogP contribution >= 0.6 is 0 Å². The van der Waals surface area contributed by atoms with Crippen molar-refractivity contribution in [3.63, 3.8) is 0 Å². The monoisotopic (exact) mass is 306 g/mol. The Hall–Kier alpha value is -1.75. The van der Waals surface area contributed by atoms with Gasteiger partial charge in [-0.2, -0.15) is 0 Å². The lowest BCUT2D eigenvalue weighted by Crippen LogP contribution is -2.42. The summed E-state index contributed by atoms with van der Waals surface area (Å²) in [6, 6.07) is 9.90. The third-order valence-electron chi connectivity index (χ3n) is 3.46. The Morgan fingerprint density at radius 2 is 1.77 bits per heavy atom. The van der Waals surface area contributed by atoms with Crippen molar-refractivity contribution in [2.75, 3.05) is 46.4 Å². The molecule has 0 bridgehead atoms. The van der Waals surface area contributed by atoms with Crippen LogP contribution in [0.1, 0.15) is 20.3 Å². The molecule has 5 heteroatoms. The first-order chi connectivity index (χ1) is 10.8. The molecule has 0 unspecified atom stereocenters. The summed E-state index contributed by atoms with van der Waals surface area (Å²) in [5.74, 6) is 1.77. The number of benzene rings is 1. The number of hydrogen-bond donors (Lipinski definition) is 2. The maximum atomic E-state index is 5.66. The minimum atomic E-state index is 0.702. The van der Waals surface area contributed by atoms with E-state index >= 15 is 0 Å². The molecule has 0 atom stereocenters. The Labute approximate surface area is 134 Å². The van der Waals surface area contributed by atoms with Crippen LogP contribution < -0.4 is 15.4 Å². The standard InChI is InChI=1S/C17H30N4O/c1-4-21(5-2)14-13-20-17(18-3)19-12-9-15-22-16-10-7-6-8-11-16/h6-8,10-11H,4-5,9,12-15H2,1-3H3,(H2,18,19,20). The number of ether oxygens (including phenoxy) is 1. The van der Waals surface area contributed by atoms with Crippen molar-refractivity contribution in [3.05, 3.63) is 30.3 Å². The second-order valence-electron chi connectivity index (χ2n) is 4.97. The van der Waals surface area contributed by atoms with E-state index in [-0.39, 0.29) is 0 Å². The zero-order valence-electron chi connectivity index (χ0n) is 14.1. The van der Waals surface area contributed by atoms with Crippen LogP contribution in [-0.4, -0.2) is 57.2 Å². The van der Waals surface area contributed by atoms with Gasteiger partial charge in [0.1, 0.15) is 5.75 Å². The zero-order chi connectivity index (χ0) is 16.0. The molecule has 124 valence electrons. The first kappa shape index (κ1) is 18.3. The Kier molecular flexibility index (Phi) is 9.87. The molecule has 1 aromatic rings. The Balaban J connectivity index is 2.09. The fourth-order valence-corrected chi connectivity index (χ4v) is 2.08. The number of aliphatic imine (C=N–C) groups is 1. The molecule has 2 N–H and O–H groups in total. The Bertz CT molecular complexity index is 404. The van der Waals surface area contributed by atoms with Gasteiger partial charge in [0.25, 0.3) is 0 Å². The van der Waals surface area contributed by atoms with Crippen molar-refractivity contribution >= 4 is 5.96 Å². The summed E-state index contributed by atoms with van der Waals surface area (Å²) in [5.41, 5.74) is 0. The van der Waals surface area contributed by atoms with E-state index in [9.17, 15) is 0 Å². The van der Waals surface area contributed by atoms with Crippen LogP contribution in [-0.2, 0) is 0 Å². The van der Waals surface area contributed by atoms with Crippen LogP contribution in [0.5, 0.6) is 5.75 Å². The van der Waals surface area contributed by atoms with Gasteiger partial charge in [-0.05, 0) is 31.6 Å². The van der Waals surface area contributed by atoms with Crippen LogP contribution in [0, 0.1) is 0 Å². The average Bonchev–Trinajstić information content (AvgIpc) is 2.57. The number of nitrogens with zero attached hydrogens (tertiary/aromatic N) is 2. The zero-order valence-corrected chi connectivity index (χ0v) is 14.1. The predicted molar refractivity (Wildman–Crippen MR) is 93.7 cm³/mol. The highest BCUT2D eigenvalue weighted by Gasteiger charge is 2.00. The maximum Gasteiger partial charge on any atom is 0.191 e. The molecular weight excluding hydrogens is 276 g/mol. The topological polar surface area (TPSA) is 48.9 Å². The molecule has 0 aliphatic heterocycles. The quantitative estimate of drug-likeness (QED) is 0.394. The molecule has 0 aliphatic carbocycles. The second kappa shape index (κ2) is 11.9. The molecule has 0 aliphatic rings. The largest absolute Gasteiger partial charge is 0.494 e. The van der Waals surface area contributed by atoms with Crippen LogP contribution in [0.25, 0.3) is 0 Å².